The summed E-state index contributed by atoms with van der Waals surface area (Å²) in [7, 11) is 0. The van der Waals surface area contributed by atoms with Gasteiger partial charge in [-0.2, -0.15) is 13.2 Å². The maximum Gasteiger partial charge on any atom is 0.416 e. The highest BCUT2D eigenvalue weighted by Crippen LogP contribution is 2.29. The standard InChI is InChI=1S/C14H14F3NO2/c15-14(16,17)12-3-1-11(2-4-12)13(19)5-6-18-7-9-20-10-8-18/h1-6H,7-10H2/b6-5+. The Morgan fingerprint density at radius 1 is 1.15 bits per heavy atom. The van der Waals surface area contributed by atoms with Crippen LogP contribution in [0.2, 0.25) is 0 Å². The van der Waals surface area contributed by atoms with Gasteiger partial charge < -0.3 is 9.64 Å². The van der Waals surface area contributed by atoms with E-state index >= 15 is 0 Å². The first-order valence-electron chi connectivity index (χ1n) is 6.18. The van der Waals surface area contributed by atoms with E-state index in [0.717, 1.165) is 12.1 Å². The Hall–Kier alpha value is -1.82. The van der Waals surface area contributed by atoms with Crippen molar-refractivity contribution in [1.82, 2.24) is 4.90 Å². The van der Waals surface area contributed by atoms with Crippen LogP contribution in [-0.4, -0.2) is 37.0 Å². The summed E-state index contributed by atoms with van der Waals surface area (Å²) in [6.07, 6.45) is -1.36. The smallest absolute Gasteiger partial charge is 0.378 e. The normalized spacial score (nSPS) is 16.6. The van der Waals surface area contributed by atoms with Gasteiger partial charge in [0.05, 0.1) is 18.8 Å². The predicted molar refractivity (Wildman–Crippen MR) is 67.3 cm³/mol. The molecular formula is C14H14F3NO2. The van der Waals surface area contributed by atoms with E-state index in [9.17, 15) is 18.0 Å². The number of hydrogen-bond donors (Lipinski definition) is 0. The molecule has 1 aromatic rings. The lowest BCUT2D eigenvalue weighted by Crippen LogP contribution is -2.32. The van der Waals surface area contributed by atoms with Gasteiger partial charge in [0, 0.05) is 30.9 Å². The van der Waals surface area contributed by atoms with E-state index in [2.05, 4.69) is 0 Å². The van der Waals surface area contributed by atoms with Gasteiger partial charge in [-0.15, -0.1) is 0 Å². The predicted octanol–water partition coefficient (Wildman–Crippen LogP) is 2.73. The molecule has 1 fully saturated rings. The van der Waals surface area contributed by atoms with Crippen molar-refractivity contribution in [3.8, 4) is 0 Å². The van der Waals surface area contributed by atoms with Gasteiger partial charge in [0.2, 0.25) is 0 Å². The first-order valence-corrected chi connectivity index (χ1v) is 6.18. The molecule has 108 valence electrons. The monoisotopic (exact) mass is 285 g/mol. The van der Waals surface area contributed by atoms with Crippen molar-refractivity contribution in [2.24, 2.45) is 0 Å². The summed E-state index contributed by atoms with van der Waals surface area (Å²) in [6, 6.07) is 4.20. The molecule has 1 aromatic carbocycles. The lowest BCUT2D eigenvalue weighted by atomic mass is 10.1. The topological polar surface area (TPSA) is 29.5 Å². The summed E-state index contributed by atoms with van der Waals surface area (Å²) in [5.41, 5.74) is -0.520. The Labute approximate surface area is 114 Å². The molecule has 0 spiro atoms. The van der Waals surface area contributed by atoms with E-state index in [1.54, 1.807) is 6.20 Å². The highest BCUT2D eigenvalue weighted by molar-refractivity contribution is 6.04. The van der Waals surface area contributed by atoms with E-state index in [0.29, 0.717) is 26.3 Å². The molecule has 0 N–H and O–H groups in total. The van der Waals surface area contributed by atoms with Gasteiger partial charge in [0.15, 0.2) is 5.78 Å². The van der Waals surface area contributed by atoms with Crippen molar-refractivity contribution in [2.45, 2.75) is 6.18 Å². The van der Waals surface area contributed by atoms with Gasteiger partial charge in [0.1, 0.15) is 0 Å². The minimum atomic E-state index is -4.38. The first-order chi connectivity index (χ1) is 9.47. The molecule has 0 bridgehead atoms. The lowest BCUT2D eigenvalue weighted by molar-refractivity contribution is -0.137. The average Bonchev–Trinajstić information content (AvgIpc) is 2.45. The Morgan fingerprint density at radius 2 is 1.75 bits per heavy atom. The number of carbonyl (C=O) groups excluding carboxylic acids is 1. The van der Waals surface area contributed by atoms with Crippen LogP contribution in [-0.2, 0) is 10.9 Å². The van der Waals surface area contributed by atoms with Gasteiger partial charge in [0.25, 0.3) is 0 Å². The SMILES string of the molecule is O=C(/C=C/N1CCOCC1)c1ccc(C(F)(F)F)cc1. The van der Waals surface area contributed by atoms with E-state index in [1.807, 2.05) is 4.90 Å². The Kier molecular flexibility index (Phi) is 4.44. The molecule has 6 heteroatoms. The minimum absolute atomic E-state index is 0.238. The number of alkyl halides is 3. The number of rotatable bonds is 3. The fourth-order valence-corrected chi connectivity index (χ4v) is 1.82. The molecule has 1 aliphatic heterocycles. The summed E-state index contributed by atoms with van der Waals surface area (Å²) in [6.45, 7) is 2.63. The molecule has 0 unspecified atom stereocenters. The molecular weight excluding hydrogens is 271 g/mol. The van der Waals surface area contributed by atoms with Gasteiger partial charge in [-0.1, -0.05) is 12.1 Å². The zero-order chi connectivity index (χ0) is 14.6. The number of morpholine rings is 1. The number of hydrogen-bond acceptors (Lipinski definition) is 3. The van der Waals surface area contributed by atoms with Crippen molar-refractivity contribution in [3.05, 3.63) is 47.7 Å². The second-order valence-corrected chi connectivity index (χ2v) is 4.40. The van der Waals surface area contributed by atoms with Crippen LogP contribution in [0.15, 0.2) is 36.5 Å². The van der Waals surface area contributed by atoms with Crippen LogP contribution < -0.4 is 0 Å². The number of benzene rings is 1. The number of ketones is 1. The summed E-state index contributed by atoms with van der Waals surface area (Å²) in [5.74, 6) is -0.315. The molecule has 0 radical (unpaired) electrons. The van der Waals surface area contributed by atoms with Crippen LogP contribution in [0.5, 0.6) is 0 Å². The average molecular weight is 285 g/mol. The number of nitrogens with zero attached hydrogens (tertiary/aromatic N) is 1. The number of carbonyl (C=O) groups is 1. The number of allylic oxidation sites excluding steroid dienone is 1. The third-order valence-electron chi connectivity index (χ3n) is 2.98. The van der Waals surface area contributed by atoms with Crippen molar-refractivity contribution < 1.29 is 22.7 Å². The molecule has 0 amide bonds. The molecule has 0 atom stereocenters. The van der Waals surface area contributed by atoms with Crippen molar-refractivity contribution in [1.29, 1.82) is 0 Å². The van der Waals surface area contributed by atoms with E-state index < -0.39 is 11.7 Å². The van der Waals surface area contributed by atoms with E-state index in [1.165, 1.54) is 18.2 Å². The lowest BCUT2D eigenvalue weighted by Gasteiger charge is -2.24. The Balaban J connectivity index is 2.00. The fourth-order valence-electron chi connectivity index (χ4n) is 1.82. The summed E-state index contributed by atoms with van der Waals surface area (Å²) >= 11 is 0. The minimum Gasteiger partial charge on any atom is -0.378 e. The molecule has 0 aromatic heterocycles. The molecule has 20 heavy (non-hydrogen) atoms. The molecule has 1 heterocycles. The third-order valence-corrected chi connectivity index (χ3v) is 2.98. The molecule has 3 nitrogen and oxygen atoms in total. The van der Waals surface area contributed by atoms with Crippen LogP contribution >= 0.6 is 0 Å². The second kappa shape index (κ2) is 6.09. The van der Waals surface area contributed by atoms with Gasteiger partial charge in [-0.3, -0.25) is 4.79 Å². The zero-order valence-electron chi connectivity index (χ0n) is 10.7. The quantitative estimate of drug-likeness (QED) is 0.632. The molecule has 0 saturated carbocycles. The molecule has 1 aliphatic rings. The number of halogens is 3. The Morgan fingerprint density at radius 3 is 2.30 bits per heavy atom. The Bertz CT molecular complexity index is 488. The van der Waals surface area contributed by atoms with Crippen molar-refractivity contribution in [3.63, 3.8) is 0 Å². The largest absolute Gasteiger partial charge is 0.416 e. The van der Waals surface area contributed by atoms with Crippen LogP contribution in [0.4, 0.5) is 13.2 Å². The molecule has 2 rings (SSSR count). The van der Waals surface area contributed by atoms with Gasteiger partial charge in [-0.25, -0.2) is 0 Å². The van der Waals surface area contributed by atoms with Crippen molar-refractivity contribution in [2.75, 3.05) is 26.3 Å². The van der Waals surface area contributed by atoms with Crippen molar-refractivity contribution >= 4 is 5.78 Å². The summed E-state index contributed by atoms with van der Waals surface area (Å²) < 4.78 is 42.4. The highest BCUT2D eigenvalue weighted by atomic mass is 19.4. The highest BCUT2D eigenvalue weighted by Gasteiger charge is 2.30. The summed E-state index contributed by atoms with van der Waals surface area (Å²) in [5, 5.41) is 0. The maximum atomic E-state index is 12.4. The molecule has 1 saturated heterocycles. The fraction of sp³-hybridized carbons (Fsp3) is 0.357. The van der Waals surface area contributed by atoms with Crippen LogP contribution in [0.3, 0.4) is 0 Å². The van der Waals surface area contributed by atoms with Crippen LogP contribution in [0, 0.1) is 0 Å². The van der Waals surface area contributed by atoms with Crippen LogP contribution in [0.1, 0.15) is 15.9 Å². The first kappa shape index (κ1) is 14.6. The van der Waals surface area contributed by atoms with Crippen LogP contribution in [0.25, 0.3) is 0 Å². The third kappa shape index (κ3) is 3.84. The zero-order valence-corrected chi connectivity index (χ0v) is 10.7. The van der Waals surface area contributed by atoms with E-state index in [4.69, 9.17) is 4.74 Å². The second-order valence-electron chi connectivity index (χ2n) is 4.40. The van der Waals surface area contributed by atoms with E-state index in [-0.39, 0.29) is 11.3 Å². The van der Waals surface area contributed by atoms with Gasteiger partial charge >= 0.3 is 6.18 Å². The maximum absolute atomic E-state index is 12.4. The van der Waals surface area contributed by atoms with Gasteiger partial charge in [-0.05, 0) is 12.1 Å². The molecule has 0 aliphatic carbocycles. The summed E-state index contributed by atoms with van der Waals surface area (Å²) in [4.78, 5) is 13.8. The number of ether oxygens (including phenoxy) is 1.